The zero-order chi connectivity index (χ0) is 21.9. The quantitative estimate of drug-likeness (QED) is 0.643. The lowest BCUT2D eigenvalue weighted by Gasteiger charge is -2.31. The number of hydrogen-bond acceptors (Lipinski definition) is 5. The second kappa shape index (κ2) is 8.94. The first-order valence-electron chi connectivity index (χ1n) is 11.3. The van der Waals surface area contributed by atoms with E-state index in [0.29, 0.717) is 29.5 Å². The smallest absolute Gasteiger partial charge is 0.260 e. The number of aromatic nitrogens is 2. The SMILES string of the molecule is O=C(Nc1ccccc1-c1nc(-c2ccccc2)no1)[C@H]1CC(=O)N(C2CCCCC2)C1. The fourth-order valence-corrected chi connectivity index (χ4v) is 4.70. The highest BCUT2D eigenvalue weighted by atomic mass is 16.5. The molecule has 0 spiro atoms. The lowest BCUT2D eigenvalue weighted by atomic mass is 9.94. The highest BCUT2D eigenvalue weighted by molar-refractivity contribution is 5.99. The van der Waals surface area contributed by atoms with Crippen LogP contribution in [0.1, 0.15) is 38.5 Å². The number of nitrogens with one attached hydrogen (secondary N) is 1. The molecule has 2 heterocycles. The molecule has 0 unspecified atom stereocenters. The van der Waals surface area contributed by atoms with E-state index in [1.807, 2.05) is 59.5 Å². The summed E-state index contributed by atoms with van der Waals surface area (Å²) in [7, 11) is 0. The second-order valence-corrected chi connectivity index (χ2v) is 8.56. The van der Waals surface area contributed by atoms with Crippen LogP contribution < -0.4 is 5.32 Å². The molecule has 1 aliphatic heterocycles. The van der Waals surface area contributed by atoms with Crippen LogP contribution in [0.25, 0.3) is 22.8 Å². The summed E-state index contributed by atoms with van der Waals surface area (Å²) in [5.41, 5.74) is 2.12. The Morgan fingerprint density at radius 1 is 1.00 bits per heavy atom. The first kappa shape index (κ1) is 20.4. The first-order valence-corrected chi connectivity index (χ1v) is 11.3. The summed E-state index contributed by atoms with van der Waals surface area (Å²) in [5.74, 6) is 0.430. The summed E-state index contributed by atoms with van der Waals surface area (Å²) >= 11 is 0. The molecule has 1 aromatic heterocycles. The Bertz CT molecular complexity index is 1110. The number of rotatable bonds is 5. The van der Waals surface area contributed by atoms with E-state index in [1.165, 1.54) is 6.42 Å². The van der Waals surface area contributed by atoms with Gasteiger partial charge in [-0.2, -0.15) is 4.98 Å². The van der Waals surface area contributed by atoms with Crippen LogP contribution in [0.15, 0.2) is 59.1 Å². The Hall–Kier alpha value is -3.48. The number of benzene rings is 2. The van der Waals surface area contributed by atoms with Crippen molar-refractivity contribution in [3.05, 3.63) is 54.6 Å². The maximum Gasteiger partial charge on any atom is 0.260 e. The van der Waals surface area contributed by atoms with E-state index in [0.717, 1.165) is 31.2 Å². The Balaban J connectivity index is 1.31. The van der Waals surface area contributed by atoms with Crippen molar-refractivity contribution in [1.82, 2.24) is 15.0 Å². The van der Waals surface area contributed by atoms with E-state index < -0.39 is 0 Å². The molecule has 3 aromatic rings. The molecule has 7 heteroatoms. The van der Waals surface area contributed by atoms with E-state index in [9.17, 15) is 9.59 Å². The fraction of sp³-hybridized carbons (Fsp3) is 0.360. The van der Waals surface area contributed by atoms with Crippen LogP contribution in [0, 0.1) is 5.92 Å². The van der Waals surface area contributed by atoms with Gasteiger partial charge in [-0.05, 0) is 25.0 Å². The maximum atomic E-state index is 13.0. The van der Waals surface area contributed by atoms with Crippen molar-refractivity contribution < 1.29 is 14.1 Å². The van der Waals surface area contributed by atoms with Gasteiger partial charge in [0.2, 0.25) is 17.6 Å². The van der Waals surface area contributed by atoms with Crippen LogP contribution in [0.2, 0.25) is 0 Å². The number of likely N-dealkylation sites (tertiary alicyclic amines) is 1. The average Bonchev–Trinajstić information content (AvgIpc) is 3.48. The first-order chi connectivity index (χ1) is 15.7. The Morgan fingerprint density at radius 2 is 1.75 bits per heavy atom. The number of carbonyl (C=O) groups excluding carboxylic acids is 2. The van der Waals surface area contributed by atoms with Crippen molar-refractivity contribution >= 4 is 17.5 Å². The van der Waals surface area contributed by atoms with Crippen LogP contribution in [0.3, 0.4) is 0 Å². The highest BCUT2D eigenvalue weighted by Gasteiger charge is 2.38. The minimum atomic E-state index is -0.347. The predicted octanol–water partition coefficient (Wildman–Crippen LogP) is 4.52. The summed E-state index contributed by atoms with van der Waals surface area (Å²) in [4.78, 5) is 32.1. The third-order valence-corrected chi connectivity index (χ3v) is 6.42. The monoisotopic (exact) mass is 430 g/mol. The Morgan fingerprint density at radius 3 is 2.56 bits per heavy atom. The van der Waals surface area contributed by atoms with Crippen molar-refractivity contribution in [3.63, 3.8) is 0 Å². The zero-order valence-corrected chi connectivity index (χ0v) is 17.9. The summed E-state index contributed by atoms with van der Waals surface area (Å²) < 4.78 is 5.49. The fourth-order valence-electron chi connectivity index (χ4n) is 4.70. The predicted molar refractivity (Wildman–Crippen MR) is 120 cm³/mol. The molecule has 1 saturated carbocycles. The number of para-hydroxylation sites is 1. The van der Waals surface area contributed by atoms with Gasteiger partial charge in [0.15, 0.2) is 0 Å². The van der Waals surface area contributed by atoms with Gasteiger partial charge in [0.05, 0.1) is 17.2 Å². The minimum Gasteiger partial charge on any atom is -0.339 e. The molecule has 1 saturated heterocycles. The molecule has 164 valence electrons. The van der Waals surface area contributed by atoms with Crippen molar-refractivity contribution in [2.24, 2.45) is 5.92 Å². The van der Waals surface area contributed by atoms with Crippen LogP contribution in [-0.4, -0.2) is 39.4 Å². The number of anilines is 1. The van der Waals surface area contributed by atoms with Crippen molar-refractivity contribution in [2.75, 3.05) is 11.9 Å². The topological polar surface area (TPSA) is 88.3 Å². The number of nitrogens with zero attached hydrogens (tertiary/aromatic N) is 3. The molecule has 1 atom stereocenters. The Kier molecular flexibility index (Phi) is 5.71. The average molecular weight is 431 g/mol. The van der Waals surface area contributed by atoms with E-state index >= 15 is 0 Å². The summed E-state index contributed by atoms with van der Waals surface area (Å²) in [5, 5.41) is 7.08. The number of hydrogen-bond donors (Lipinski definition) is 1. The van der Waals surface area contributed by atoms with Gasteiger partial charge in [-0.15, -0.1) is 0 Å². The van der Waals surface area contributed by atoms with Gasteiger partial charge in [0.1, 0.15) is 0 Å². The van der Waals surface area contributed by atoms with Crippen molar-refractivity contribution in [1.29, 1.82) is 0 Å². The van der Waals surface area contributed by atoms with Gasteiger partial charge in [-0.3, -0.25) is 9.59 Å². The molecule has 5 rings (SSSR count). The molecule has 32 heavy (non-hydrogen) atoms. The molecule has 0 radical (unpaired) electrons. The largest absolute Gasteiger partial charge is 0.339 e. The van der Waals surface area contributed by atoms with E-state index in [4.69, 9.17) is 4.52 Å². The van der Waals surface area contributed by atoms with Crippen LogP contribution >= 0.6 is 0 Å². The third kappa shape index (κ3) is 4.15. The Labute approximate surface area is 186 Å². The van der Waals surface area contributed by atoms with Crippen LogP contribution in [0.4, 0.5) is 5.69 Å². The summed E-state index contributed by atoms with van der Waals surface area (Å²) in [6, 6.07) is 17.2. The van der Waals surface area contributed by atoms with E-state index in [-0.39, 0.29) is 30.2 Å². The van der Waals surface area contributed by atoms with E-state index in [1.54, 1.807) is 0 Å². The van der Waals surface area contributed by atoms with Crippen molar-refractivity contribution in [3.8, 4) is 22.8 Å². The molecule has 7 nitrogen and oxygen atoms in total. The molecule has 2 fully saturated rings. The van der Waals surface area contributed by atoms with Gasteiger partial charge in [0.25, 0.3) is 5.89 Å². The zero-order valence-electron chi connectivity index (χ0n) is 17.9. The highest BCUT2D eigenvalue weighted by Crippen LogP contribution is 2.31. The van der Waals surface area contributed by atoms with Crippen LogP contribution in [-0.2, 0) is 9.59 Å². The van der Waals surface area contributed by atoms with Gasteiger partial charge >= 0.3 is 0 Å². The van der Waals surface area contributed by atoms with E-state index in [2.05, 4.69) is 15.5 Å². The van der Waals surface area contributed by atoms with Gasteiger partial charge in [-0.1, -0.05) is 66.9 Å². The van der Waals surface area contributed by atoms with Gasteiger partial charge in [0, 0.05) is 24.6 Å². The standard InChI is InChI=1S/C25H26N4O3/c30-22-15-18(16-29(22)19-11-5-2-6-12-19)24(31)26-21-14-8-7-13-20(21)25-27-23(28-32-25)17-9-3-1-4-10-17/h1,3-4,7-10,13-14,18-19H,2,5-6,11-12,15-16H2,(H,26,31)/t18-/m0/s1. The molecular weight excluding hydrogens is 404 g/mol. The molecule has 2 aliphatic rings. The summed E-state index contributed by atoms with van der Waals surface area (Å²) in [6.45, 7) is 0.496. The molecule has 1 N–H and O–H groups in total. The molecule has 1 aliphatic carbocycles. The normalized spacial score (nSPS) is 19.3. The molecule has 2 aromatic carbocycles. The second-order valence-electron chi connectivity index (χ2n) is 8.56. The lowest BCUT2D eigenvalue weighted by molar-refractivity contribution is -0.130. The minimum absolute atomic E-state index is 0.0924. The third-order valence-electron chi connectivity index (χ3n) is 6.42. The molecule has 0 bridgehead atoms. The van der Waals surface area contributed by atoms with Gasteiger partial charge < -0.3 is 14.7 Å². The molecule has 2 amide bonds. The maximum absolute atomic E-state index is 13.0. The molecular formula is C25H26N4O3. The lowest BCUT2D eigenvalue weighted by Crippen LogP contribution is -2.38. The number of amides is 2. The summed E-state index contributed by atoms with van der Waals surface area (Å²) in [6.07, 6.45) is 5.92. The number of carbonyl (C=O) groups is 2. The van der Waals surface area contributed by atoms with Crippen molar-refractivity contribution in [2.45, 2.75) is 44.6 Å². The van der Waals surface area contributed by atoms with Crippen LogP contribution in [0.5, 0.6) is 0 Å². The van der Waals surface area contributed by atoms with Gasteiger partial charge in [-0.25, -0.2) is 0 Å².